The fourth-order valence-corrected chi connectivity index (χ4v) is 1.98. The zero-order valence-corrected chi connectivity index (χ0v) is 11.2. The maximum Gasteiger partial charge on any atom is 0.251 e. The molecule has 1 amide bonds. The van der Waals surface area contributed by atoms with Crippen LogP contribution in [0.4, 0.5) is 5.69 Å². The highest BCUT2D eigenvalue weighted by atomic mass is 35.5. The van der Waals surface area contributed by atoms with Gasteiger partial charge in [-0.3, -0.25) is 9.78 Å². The molecule has 1 heterocycles. The third-order valence-corrected chi connectivity index (χ3v) is 2.93. The first kappa shape index (κ1) is 13.4. The second-order valence-corrected chi connectivity index (χ2v) is 4.69. The Bertz CT molecular complexity index is 566. The van der Waals surface area contributed by atoms with Gasteiger partial charge in [0.2, 0.25) is 0 Å². The number of nitrogens with zero attached hydrogens (tertiary/aromatic N) is 1. The van der Waals surface area contributed by atoms with Crippen molar-refractivity contribution in [3.8, 4) is 0 Å². The van der Waals surface area contributed by atoms with E-state index in [1.807, 2.05) is 19.1 Å². The minimum atomic E-state index is -0.217. The van der Waals surface area contributed by atoms with E-state index in [9.17, 15) is 4.79 Å². The van der Waals surface area contributed by atoms with E-state index in [1.54, 1.807) is 30.6 Å². The van der Waals surface area contributed by atoms with Crippen molar-refractivity contribution < 1.29 is 4.79 Å². The summed E-state index contributed by atoms with van der Waals surface area (Å²) in [5, 5.41) is 3.32. The van der Waals surface area contributed by atoms with Gasteiger partial charge in [0.15, 0.2) is 0 Å². The number of hydrogen-bond acceptors (Lipinski definition) is 3. The number of carbonyl (C=O) groups excluding carboxylic acids is 1. The Morgan fingerprint density at radius 3 is 2.84 bits per heavy atom. The number of aromatic nitrogens is 1. The van der Waals surface area contributed by atoms with Gasteiger partial charge in [-0.25, -0.2) is 0 Å². The highest BCUT2D eigenvalue weighted by Gasteiger charge is 2.12. The number of nitrogen functional groups attached to an aromatic ring is 1. The van der Waals surface area contributed by atoms with Crippen LogP contribution >= 0.6 is 11.6 Å². The third-order valence-electron chi connectivity index (χ3n) is 2.71. The molecular weight excluding hydrogens is 262 g/mol. The number of hydrogen-bond donors (Lipinski definition) is 2. The van der Waals surface area contributed by atoms with Crippen molar-refractivity contribution in [2.45, 2.75) is 13.0 Å². The fraction of sp³-hybridized carbons (Fsp3) is 0.143. The normalized spacial score (nSPS) is 11.9. The van der Waals surface area contributed by atoms with Gasteiger partial charge < -0.3 is 11.1 Å². The van der Waals surface area contributed by atoms with E-state index >= 15 is 0 Å². The predicted molar refractivity (Wildman–Crippen MR) is 76.0 cm³/mol. The van der Waals surface area contributed by atoms with Crippen LogP contribution in [0.25, 0.3) is 0 Å². The van der Waals surface area contributed by atoms with Gasteiger partial charge in [0, 0.05) is 28.7 Å². The molecule has 0 aliphatic heterocycles. The van der Waals surface area contributed by atoms with E-state index in [-0.39, 0.29) is 11.9 Å². The van der Waals surface area contributed by atoms with E-state index in [1.165, 1.54) is 0 Å². The van der Waals surface area contributed by atoms with Crippen LogP contribution in [0.3, 0.4) is 0 Å². The molecule has 0 bridgehead atoms. The summed E-state index contributed by atoms with van der Waals surface area (Å²) < 4.78 is 0. The Labute approximate surface area is 116 Å². The molecule has 1 atom stereocenters. The smallest absolute Gasteiger partial charge is 0.251 e. The number of nitrogens with two attached hydrogens (primary N) is 1. The van der Waals surface area contributed by atoms with Crippen LogP contribution in [0.5, 0.6) is 0 Å². The van der Waals surface area contributed by atoms with Crippen molar-refractivity contribution in [1.82, 2.24) is 10.3 Å². The number of halogens is 1. The van der Waals surface area contributed by atoms with Crippen molar-refractivity contribution in [1.29, 1.82) is 0 Å². The summed E-state index contributed by atoms with van der Waals surface area (Å²) in [6.07, 6.45) is 3.41. The lowest BCUT2D eigenvalue weighted by Crippen LogP contribution is -2.26. The Morgan fingerprint density at radius 1 is 1.42 bits per heavy atom. The number of amides is 1. The second kappa shape index (κ2) is 5.71. The summed E-state index contributed by atoms with van der Waals surface area (Å²) >= 11 is 5.88. The average molecular weight is 276 g/mol. The first-order valence-corrected chi connectivity index (χ1v) is 6.21. The molecule has 2 rings (SSSR count). The summed E-state index contributed by atoms with van der Waals surface area (Å²) in [5.41, 5.74) is 7.51. The van der Waals surface area contributed by atoms with Crippen molar-refractivity contribution >= 4 is 23.2 Å². The van der Waals surface area contributed by atoms with Gasteiger partial charge in [-0.2, -0.15) is 0 Å². The fourth-order valence-electron chi connectivity index (χ4n) is 1.74. The molecule has 0 fully saturated rings. The lowest BCUT2D eigenvalue weighted by Gasteiger charge is -2.14. The number of nitrogens with one attached hydrogen (secondary N) is 1. The predicted octanol–water partition coefficient (Wildman–Crippen LogP) is 2.81. The molecule has 4 nitrogen and oxygen atoms in total. The number of pyridine rings is 1. The molecule has 2 aromatic rings. The van der Waals surface area contributed by atoms with E-state index in [0.717, 1.165) is 5.56 Å². The van der Waals surface area contributed by atoms with Crippen molar-refractivity contribution in [3.63, 3.8) is 0 Å². The zero-order valence-electron chi connectivity index (χ0n) is 10.4. The van der Waals surface area contributed by atoms with Gasteiger partial charge in [-0.1, -0.05) is 17.7 Å². The van der Waals surface area contributed by atoms with Crippen molar-refractivity contribution in [2.75, 3.05) is 5.73 Å². The SMILES string of the molecule is C[C@H](NC(=O)c1cc(N)cc(Cl)c1)c1cccnc1. The highest BCUT2D eigenvalue weighted by Crippen LogP contribution is 2.18. The van der Waals surface area contributed by atoms with E-state index < -0.39 is 0 Å². The number of anilines is 1. The molecule has 5 heteroatoms. The number of carbonyl (C=O) groups is 1. The molecule has 0 spiro atoms. The minimum Gasteiger partial charge on any atom is -0.399 e. The summed E-state index contributed by atoms with van der Waals surface area (Å²) in [4.78, 5) is 16.1. The first-order valence-electron chi connectivity index (χ1n) is 5.83. The molecule has 19 heavy (non-hydrogen) atoms. The second-order valence-electron chi connectivity index (χ2n) is 4.25. The van der Waals surface area contributed by atoms with E-state index in [0.29, 0.717) is 16.3 Å². The van der Waals surface area contributed by atoms with Crippen molar-refractivity contribution in [2.24, 2.45) is 0 Å². The van der Waals surface area contributed by atoms with Crippen LogP contribution in [-0.2, 0) is 0 Å². The minimum absolute atomic E-state index is 0.138. The summed E-state index contributed by atoms with van der Waals surface area (Å²) in [6, 6.07) is 8.38. The maximum atomic E-state index is 12.1. The Kier molecular flexibility index (Phi) is 4.02. The summed E-state index contributed by atoms with van der Waals surface area (Å²) in [5.74, 6) is -0.217. The van der Waals surface area contributed by atoms with Gasteiger partial charge in [0.05, 0.1) is 6.04 Å². The molecule has 0 aliphatic rings. The molecule has 0 saturated carbocycles. The third kappa shape index (κ3) is 3.45. The standard InChI is InChI=1S/C14H14ClN3O/c1-9(10-3-2-4-17-8-10)18-14(19)11-5-12(15)7-13(16)6-11/h2-9H,16H2,1H3,(H,18,19)/t9-/m0/s1. The van der Waals surface area contributed by atoms with Gasteiger partial charge in [0.25, 0.3) is 5.91 Å². The highest BCUT2D eigenvalue weighted by molar-refractivity contribution is 6.31. The largest absolute Gasteiger partial charge is 0.399 e. The molecule has 0 radical (unpaired) electrons. The number of benzene rings is 1. The van der Waals surface area contributed by atoms with Crippen LogP contribution in [-0.4, -0.2) is 10.9 Å². The monoisotopic (exact) mass is 275 g/mol. The Morgan fingerprint density at radius 2 is 2.21 bits per heavy atom. The van der Waals surface area contributed by atoms with Gasteiger partial charge in [-0.15, -0.1) is 0 Å². The molecule has 3 N–H and O–H groups in total. The molecule has 1 aromatic heterocycles. The molecule has 1 aromatic carbocycles. The molecule has 0 aliphatic carbocycles. The maximum absolute atomic E-state index is 12.1. The quantitative estimate of drug-likeness (QED) is 0.847. The Balaban J connectivity index is 2.13. The van der Waals surface area contributed by atoms with Gasteiger partial charge in [0.1, 0.15) is 0 Å². The van der Waals surface area contributed by atoms with Crippen molar-refractivity contribution in [3.05, 3.63) is 58.9 Å². The van der Waals surface area contributed by atoms with Crippen LogP contribution in [0.15, 0.2) is 42.7 Å². The van der Waals surface area contributed by atoms with E-state index in [4.69, 9.17) is 17.3 Å². The lowest BCUT2D eigenvalue weighted by atomic mass is 10.1. The number of rotatable bonds is 3. The zero-order chi connectivity index (χ0) is 13.8. The summed E-state index contributed by atoms with van der Waals surface area (Å²) in [7, 11) is 0. The van der Waals surface area contributed by atoms with Crippen LogP contribution < -0.4 is 11.1 Å². The molecule has 0 saturated heterocycles. The van der Waals surface area contributed by atoms with Crippen LogP contribution in [0, 0.1) is 0 Å². The molecular formula is C14H14ClN3O. The molecule has 98 valence electrons. The van der Waals surface area contributed by atoms with Gasteiger partial charge in [-0.05, 0) is 36.8 Å². The summed E-state index contributed by atoms with van der Waals surface area (Å²) in [6.45, 7) is 1.89. The van der Waals surface area contributed by atoms with Crippen LogP contribution in [0.2, 0.25) is 5.02 Å². The van der Waals surface area contributed by atoms with Gasteiger partial charge >= 0.3 is 0 Å². The first-order chi connectivity index (χ1) is 9.06. The Hall–Kier alpha value is -2.07. The molecule has 0 unspecified atom stereocenters. The topological polar surface area (TPSA) is 68.0 Å². The average Bonchev–Trinajstić information content (AvgIpc) is 2.38. The lowest BCUT2D eigenvalue weighted by molar-refractivity contribution is 0.0940. The van der Waals surface area contributed by atoms with E-state index in [2.05, 4.69) is 10.3 Å². The van der Waals surface area contributed by atoms with Crippen LogP contribution in [0.1, 0.15) is 28.9 Å².